The molecule has 1 heterocycles. The maximum absolute atomic E-state index is 12.3. The summed E-state index contributed by atoms with van der Waals surface area (Å²) < 4.78 is 16.7. The van der Waals surface area contributed by atoms with Gasteiger partial charge in [0.15, 0.2) is 9.16 Å². The molecular formula is C16H21N3O2S3. The summed E-state index contributed by atoms with van der Waals surface area (Å²) in [6, 6.07) is 11.0. The van der Waals surface area contributed by atoms with Crippen LogP contribution in [0.25, 0.3) is 11.1 Å². The summed E-state index contributed by atoms with van der Waals surface area (Å²) in [6.45, 7) is 3.93. The van der Waals surface area contributed by atoms with Crippen molar-refractivity contribution < 1.29 is 9.00 Å². The van der Waals surface area contributed by atoms with Crippen LogP contribution >= 0.6 is 11.3 Å². The molecule has 0 spiro atoms. The molecule has 5 nitrogen and oxygen atoms in total. The second-order valence-electron chi connectivity index (χ2n) is 5.70. The highest BCUT2D eigenvalue weighted by Crippen LogP contribution is 2.26. The maximum atomic E-state index is 12.3. The van der Waals surface area contributed by atoms with Gasteiger partial charge in [-0.15, -0.1) is 15.7 Å². The van der Waals surface area contributed by atoms with Crippen LogP contribution < -0.4 is 10.9 Å². The van der Waals surface area contributed by atoms with Crippen molar-refractivity contribution in [1.29, 1.82) is 0 Å². The van der Waals surface area contributed by atoms with Gasteiger partial charge in [-0.2, -0.15) is 4.21 Å². The molecule has 0 saturated heterocycles. The van der Waals surface area contributed by atoms with Gasteiger partial charge >= 0.3 is 0 Å². The first-order valence-corrected chi connectivity index (χ1v) is 11.2. The number of nitrogens with two attached hydrogens (primary N) is 2. The quantitative estimate of drug-likeness (QED) is 0.829. The SMILES string of the molecule is CC(C)C[C@H](N)C(=O)N=S(=O)=S(N)c1cc(-c2ccccc2)cs1. The van der Waals surface area contributed by atoms with E-state index in [1.54, 1.807) is 0 Å². The van der Waals surface area contributed by atoms with Crippen molar-refractivity contribution in [2.45, 2.75) is 30.5 Å². The van der Waals surface area contributed by atoms with Gasteiger partial charge in [0.1, 0.15) is 0 Å². The second kappa shape index (κ2) is 8.68. The molecule has 8 heteroatoms. The molecule has 0 aliphatic carbocycles. The molecule has 0 radical (unpaired) electrons. The average molecular weight is 384 g/mol. The summed E-state index contributed by atoms with van der Waals surface area (Å²) in [6.07, 6.45) is 0.509. The topological polar surface area (TPSA) is 98.5 Å². The Bertz CT molecular complexity index is 858. The van der Waals surface area contributed by atoms with Crippen LogP contribution in [0.15, 0.2) is 50.4 Å². The van der Waals surface area contributed by atoms with Gasteiger partial charge in [0, 0.05) is 9.64 Å². The molecule has 1 aromatic carbocycles. The normalized spacial score (nSPS) is 13.5. The van der Waals surface area contributed by atoms with E-state index in [1.807, 2.05) is 55.6 Å². The first-order chi connectivity index (χ1) is 11.4. The molecule has 24 heavy (non-hydrogen) atoms. The lowest BCUT2D eigenvalue weighted by atomic mass is 10.0. The Morgan fingerprint density at radius 1 is 1.25 bits per heavy atom. The van der Waals surface area contributed by atoms with Gasteiger partial charge in [0.2, 0.25) is 0 Å². The van der Waals surface area contributed by atoms with Crippen molar-refractivity contribution in [1.82, 2.24) is 0 Å². The van der Waals surface area contributed by atoms with Crippen molar-refractivity contribution in [3.8, 4) is 11.1 Å². The number of carbonyl (C=O) groups excluding carboxylic acids is 1. The van der Waals surface area contributed by atoms with E-state index in [-0.39, 0.29) is 5.92 Å². The summed E-state index contributed by atoms with van der Waals surface area (Å²) in [5.41, 5.74) is 7.85. The smallest absolute Gasteiger partial charge is 0.275 e. The van der Waals surface area contributed by atoms with Crippen LogP contribution in [0.3, 0.4) is 0 Å². The molecule has 2 aromatic rings. The number of hydrogen-bond acceptors (Lipinski definition) is 4. The molecule has 0 aliphatic rings. The van der Waals surface area contributed by atoms with Crippen LogP contribution in [0, 0.1) is 5.92 Å². The largest absolute Gasteiger partial charge is 0.320 e. The third-order valence-corrected chi connectivity index (χ3v) is 7.94. The van der Waals surface area contributed by atoms with Crippen LogP contribution in [0.5, 0.6) is 0 Å². The maximum Gasteiger partial charge on any atom is 0.275 e. The predicted molar refractivity (Wildman–Crippen MR) is 103 cm³/mol. The minimum absolute atomic E-state index is 0.273. The number of nitrogens with zero attached hydrogens (tertiary/aromatic N) is 1. The predicted octanol–water partition coefficient (Wildman–Crippen LogP) is 3.01. The molecule has 0 aliphatic heterocycles. The van der Waals surface area contributed by atoms with Crippen molar-refractivity contribution in [2.24, 2.45) is 21.2 Å². The second-order valence-corrected chi connectivity index (χ2v) is 10.5. The molecule has 1 unspecified atom stereocenters. The van der Waals surface area contributed by atoms with Gasteiger partial charge in [0.05, 0.1) is 10.3 Å². The Morgan fingerprint density at radius 2 is 1.92 bits per heavy atom. The zero-order chi connectivity index (χ0) is 17.7. The molecule has 2 rings (SSSR count). The van der Waals surface area contributed by atoms with Gasteiger partial charge in [-0.1, -0.05) is 44.2 Å². The van der Waals surface area contributed by atoms with Gasteiger partial charge in [-0.3, -0.25) is 9.93 Å². The molecule has 0 bridgehead atoms. The monoisotopic (exact) mass is 383 g/mol. The summed E-state index contributed by atoms with van der Waals surface area (Å²) in [5.74, 6) is -0.278. The molecule has 1 aromatic heterocycles. The lowest BCUT2D eigenvalue weighted by molar-refractivity contribution is -0.119. The summed E-state index contributed by atoms with van der Waals surface area (Å²) >= 11 is 1.42. The number of benzene rings is 1. The third kappa shape index (κ3) is 5.09. The van der Waals surface area contributed by atoms with Crippen LogP contribution in [-0.2, 0) is 23.6 Å². The Labute approximate surface area is 149 Å². The molecule has 1 amide bonds. The number of carbonyl (C=O) groups is 1. The Hall–Kier alpha value is -1.32. The zero-order valence-corrected chi connectivity index (χ0v) is 16.0. The van der Waals surface area contributed by atoms with Crippen molar-refractivity contribution >= 4 is 36.0 Å². The summed E-state index contributed by atoms with van der Waals surface area (Å²) in [7, 11) is -2.95. The highest BCUT2D eigenvalue weighted by Gasteiger charge is 2.14. The Balaban J connectivity index is 2.26. The van der Waals surface area contributed by atoms with Gasteiger partial charge in [-0.25, -0.2) is 0 Å². The molecule has 0 fully saturated rings. The lowest BCUT2D eigenvalue weighted by Gasteiger charge is -2.08. The van der Waals surface area contributed by atoms with E-state index >= 15 is 0 Å². The van der Waals surface area contributed by atoms with Crippen molar-refractivity contribution in [3.63, 3.8) is 0 Å². The Morgan fingerprint density at radius 3 is 2.54 bits per heavy atom. The minimum atomic E-state index is -1.81. The third-order valence-electron chi connectivity index (χ3n) is 3.24. The number of amides is 1. The minimum Gasteiger partial charge on any atom is -0.320 e. The molecule has 4 N–H and O–H groups in total. The Kier molecular flexibility index (Phi) is 6.88. The van der Waals surface area contributed by atoms with E-state index < -0.39 is 30.7 Å². The van der Waals surface area contributed by atoms with Crippen LogP contribution in [0.1, 0.15) is 20.3 Å². The van der Waals surface area contributed by atoms with E-state index in [9.17, 15) is 9.00 Å². The fourth-order valence-electron chi connectivity index (χ4n) is 2.06. The number of rotatable bonds is 5. The summed E-state index contributed by atoms with van der Waals surface area (Å²) in [4.78, 5) is 11.9. The van der Waals surface area contributed by atoms with Gasteiger partial charge in [-0.05, 0) is 34.9 Å². The van der Waals surface area contributed by atoms with E-state index in [2.05, 4.69) is 4.36 Å². The van der Waals surface area contributed by atoms with Gasteiger partial charge < -0.3 is 5.73 Å². The highest BCUT2D eigenvalue weighted by molar-refractivity contribution is 8.34. The fraction of sp³-hybridized carbons (Fsp3) is 0.312. The van der Waals surface area contributed by atoms with Crippen molar-refractivity contribution in [3.05, 3.63) is 41.8 Å². The van der Waals surface area contributed by atoms with Crippen LogP contribution in [0.4, 0.5) is 0 Å². The van der Waals surface area contributed by atoms with E-state index in [0.717, 1.165) is 15.3 Å². The molecule has 0 saturated carbocycles. The molecular weight excluding hydrogens is 362 g/mol. The standard InChI is InChI=1S/C16H21N3O2S3/c1-11(2)8-14(17)16(20)19-24(21)23(18)15-9-13(10-22-15)12-6-4-3-5-7-12/h3-7,9-11,14H,8,17-18H2,1-2H3/t14-,23?/m0/s1. The lowest BCUT2D eigenvalue weighted by Crippen LogP contribution is -2.30. The van der Waals surface area contributed by atoms with E-state index in [1.165, 1.54) is 11.3 Å². The fourth-order valence-corrected chi connectivity index (χ4v) is 5.88. The van der Waals surface area contributed by atoms with E-state index in [0.29, 0.717) is 6.42 Å². The first-order valence-electron chi connectivity index (χ1n) is 7.44. The zero-order valence-electron chi connectivity index (χ0n) is 13.5. The molecule has 2 atom stereocenters. The average Bonchev–Trinajstić information content (AvgIpc) is 3.04. The van der Waals surface area contributed by atoms with Gasteiger partial charge in [0.25, 0.3) is 5.91 Å². The molecule has 130 valence electrons. The first kappa shape index (κ1) is 19.0. The highest BCUT2D eigenvalue weighted by atomic mass is 32.9. The van der Waals surface area contributed by atoms with Crippen LogP contribution in [-0.4, -0.2) is 16.2 Å². The number of hydrogen-bond donors (Lipinski definition) is 2. The van der Waals surface area contributed by atoms with Crippen molar-refractivity contribution in [2.75, 3.05) is 0 Å². The van der Waals surface area contributed by atoms with E-state index in [4.69, 9.17) is 10.9 Å². The van der Waals surface area contributed by atoms with Crippen LogP contribution in [0.2, 0.25) is 0 Å². The number of thiophene rings is 1. The summed E-state index contributed by atoms with van der Waals surface area (Å²) in [5, 5.41) is 7.99.